The maximum absolute atomic E-state index is 9.47. The van der Waals surface area contributed by atoms with Crippen molar-refractivity contribution in [2.24, 2.45) is 0 Å². The first-order chi connectivity index (χ1) is 12.8. The number of aliphatic hydroxyl groups excluding tert-OH is 1. The number of ether oxygens (including phenoxy) is 2. The van der Waals surface area contributed by atoms with Gasteiger partial charge in [0.25, 0.3) is 0 Å². The van der Waals surface area contributed by atoms with Crippen LogP contribution in [0, 0.1) is 0 Å². The fourth-order valence-electron chi connectivity index (χ4n) is 4.07. The highest BCUT2D eigenvalue weighted by Gasteiger charge is 2.30. The summed E-state index contributed by atoms with van der Waals surface area (Å²) in [6.45, 7) is 4.79. The average Bonchev–Trinajstić information content (AvgIpc) is 2.73. The van der Waals surface area contributed by atoms with Crippen LogP contribution in [-0.2, 0) is 6.61 Å². The largest absolute Gasteiger partial charge is 0.495 e. The Balaban J connectivity index is 0.00000140. The molecule has 0 aliphatic carbocycles. The fraction of sp³-hybridized carbons (Fsp3) is 0.429. The predicted octanol–water partition coefficient (Wildman–Crippen LogP) is 3.68. The second-order valence-corrected chi connectivity index (χ2v) is 6.88. The Labute approximate surface area is 179 Å². The molecule has 28 heavy (non-hydrogen) atoms. The number of methoxy groups -OCH3 is 1. The maximum Gasteiger partial charge on any atom is 0.142 e. The van der Waals surface area contributed by atoms with Crippen LogP contribution in [0.3, 0.4) is 0 Å². The molecule has 5 nitrogen and oxygen atoms in total. The summed E-state index contributed by atoms with van der Waals surface area (Å²) in [6, 6.07) is 14.6. The minimum absolute atomic E-state index is 0. The van der Waals surface area contributed by atoms with Gasteiger partial charge in [0.05, 0.1) is 26.0 Å². The summed E-state index contributed by atoms with van der Waals surface area (Å²) in [6.07, 6.45) is 0.997. The van der Waals surface area contributed by atoms with E-state index >= 15 is 0 Å². The van der Waals surface area contributed by atoms with Crippen molar-refractivity contribution in [2.45, 2.75) is 19.1 Å². The van der Waals surface area contributed by atoms with Gasteiger partial charge in [0.1, 0.15) is 11.5 Å². The summed E-state index contributed by atoms with van der Waals surface area (Å²) in [7, 11) is 1.73. The highest BCUT2D eigenvalue weighted by molar-refractivity contribution is 5.85. The van der Waals surface area contributed by atoms with E-state index in [0.29, 0.717) is 6.04 Å². The van der Waals surface area contributed by atoms with Gasteiger partial charge < -0.3 is 19.5 Å². The zero-order valence-corrected chi connectivity index (χ0v) is 17.7. The van der Waals surface area contributed by atoms with E-state index in [1.807, 2.05) is 24.3 Å². The van der Waals surface area contributed by atoms with Crippen molar-refractivity contribution < 1.29 is 14.6 Å². The van der Waals surface area contributed by atoms with Crippen molar-refractivity contribution in [3.63, 3.8) is 0 Å². The quantitative estimate of drug-likeness (QED) is 0.807. The van der Waals surface area contributed by atoms with Crippen LogP contribution in [0.4, 0.5) is 5.69 Å². The minimum Gasteiger partial charge on any atom is -0.495 e. The third kappa shape index (κ3) is 4.49. The molecule has 0 radical (unpaired) electrons. The molecule has 0 amide bonds. The summed E-state index contributed by atoms with van der Waals surface area (Å²) in [5.41, 5.74) is 3.34. The highest BCUT2D eigenvalue weighted by atomic mass is 35.5. The van der Waals surface area contributed by atoms with E-state index in [1.165, 1.54) is 11.3 Å². The van der Waals surface area contributed by atoms with E-state index in [1.54, 1.807) is 7.11 Å². The van der Waals surface area contributed by atoms with Crippen LogP contribution < -0.4 is 14.4 Å². The van der Waals surface area contributed by atoms with Gasteiger partial charge >= 0.3 is 0 Å². The van der Waals surface area contributed by atoms with Crippen molar-refractivity contribution in [2.75, 3.05) is 44.8 Å². The second kappa shape index (κ2) is 10.2. The summed E-state index contributed by atoms with van der Waals surface area (Å²) in [5.74, 6) is 1.90. The first-order valence-electron chi connectivity index (χ1n) is 9.28. The Hall–Kier alpha value is -1.66. The van der Waals surface area contributed by atoms with Gasteiger partial charge in [-0.1, -0.05) is 18.2 Å². The minimum atomic E-state index is 0. The molecule has 1 unspecified atom stereocenters. The lowest BCUT2D eigenvalue weighted by Gasteiger charge is -2.42. The molecule has 4 rings (SSSR count). The molecular weight excluding hydrogens is 399 g/mol. The topological polar surface area (TPSA) is 45.2 Å². The molecule has 154 valence electrons. The van der Waals surface area contributed by atoms with E-state index in [9.17, 15) is 5.11 Å². The number of nitrogens with zero attached hydrogens (tertiary/aromatic N) is 2. The number of para-hydroxylation sites is 2. The van der Waals surface area contributed by atoms with Gasteiger partial charge in [0.15, 0.2) is 0 Å². The van der Waals surface area contributed by atoms with Crippen molar-refractivity contribution in [3.05, 3.63) is 53.6 Å². The Morgan fingerprint density at radius 1 is 1.07 bits per heavy atom. The standard InChI is InChI=1S/C21H26N2O3.2ClH/c1-25-21-5-3-2-4-19(21)23-11-9-22(10-12-23)18-8-13-26-20-7-6-16(15-24)14-17(18)20;;/h2-7,14,18,24H,8-13,15H2,1H3;2*1H. The van der Waals surface area contributed by atoms with Gasteiger partial charge in [-0.05, 0) is 29.8 Å². The number of benzene rings is 2. The van der Waals surface area contributed by atoms with Crippen molar-refractivity contribution >= 4 is 30.5 Å². The lowest BCUT2D eigenvalue weighted by atomic mass is 9.96. The molecule has 0 bridgehead atoms. The van der Waals surface area contributed by atoms with E-state index < -0.39 is 0 Å². The molecule has 1 N–H and O–H groups in total. The van der Waals surface area contributed by atoms with Crippen LogP contribution >= 0.6 is 24.8 Å². The second-order valence-electron chi connectivity index (χ2n) is 6.88. The number of hydrogen-bond donors (Lipinski definition) is 1. The van der Waals surface area contributed by atoms with E-state index in [0.717, 1.165) is 56.3 Å². The maximum atomic E-state index is 9.47. The van der Waals surface area contributed by atoms with Crippen LogP contribution in [0.1, 0.15) is 23.6 Å². The molecule has 1 atom stereocenters. The van der Waals surface area contributed by atoms with Crippen LogP contribution in [0.2, 0.25) is 0 Å². The molecule has 0 aromatic heterocycles. The summed E-state index contributed by atoms with van der Waals surface area (Å²) >= 11 is 0. The van der Waals surface area contributed by atoms with Gasteiger partial charge in [0.2, 0.25) is 0 Å². The van der Waals surface area contributed by atoms with Gasteiger partial charge in [-0.3, -0.25) is 4.90 Å². The van der Waals surface area contributed by atoms with Crippen LogP contribution in [0.15, 0.2) is 42.5 Å². The summed E-state index contributed by atoms with van der Waals surface area (Å²) in [4.78, 5) is 4.95. The van der Waals surface area contributed by atoms with Gasteiger partial charge in [-0.15, -0.1) is 24.8 Å². The molecular formula is C21H28Cl2N2O3. The normalized spacial score (nSPS) is 18.9. The van der Waals surface area contributed by atoms with Crippen molar-refractivity contribution in [1.82, 2.24) is 4.90 Å². The smallest absolute Gasteiger partial charge is 0.142 e. The number of aliphatic hydroxyl groups is 1. The van der Waals surface area contributed by atoms with Crippen molar-refractivity contribution in [3.8, 4) is 11.5 Å². The van der Waals surface area contributed by atoms with Gasteiger partial charge in [0, 0.05) is 44.2 Å². The van der Waals surface area contributed by atoms with Gasteiger partial charge in [-0.25, -0.2) is 0 Å². The third-order valence-electron chi connectivity index (χ3n) is 5.45. The zero-order chi connectivity index (χ0) is 17.9. The lowest BCUT2D eigenvalue weighted by molar-refractivity contribution is 0.133. The fourth-order valence-corrected chi connectivity index (χ4v) is 4.07. The Morgan fingerprint density at radius 2 is 1.82 bits per heavy atom. The number of piperazine rings is 1. The lowest BCUT2D eigenvalue weighted by Crippen LogP contribution is -2.48. The van der Waals surface area contributed by atoms with E-state index in [-0.39, 0.29) is 31.4 Å². The number of halogens is 2. The summed E-state index contributed by atoms with van der Waals surface area (Å²) < 4.78 is 11.3. The first kappa shape index (κ1) is 22.6. The van der Waals surface area contributed by atoms with E-state index in [2.05, 4.69) is 28.0 Å². The first-order valence-corrected chi connectivity index (χ1v) is 9.28. The number of fused-ring (bicyclic) bond motifs is 1. The Bertz CT molecular complexity index is 767. The Morgan fingerprint density at radius 3 is 2.54 bits per heavy atom. The van der Waals surface area contributed by atoms with Crippen LogP contribution in [0.5, 0.6) is 11.5 Å². The Kier molecular flexibility index (Phi) is 8.25. The molecule has 0 spiro atoms. The molecule has 1 fully saturated rings. The van der Waals surface area contributed by atoms with Crippen LogP contribution in [0.25, 0.3) is 0 Å². The molecule has 1 saturated heterocycles. The monoisotopic (exact) mass is 426 g/mol. The summed E-state index contributed by atoms with van der Waals surface area (Å²) in [5, 5.41) is 9.47. The molecule has 2 aromatic rings. The van der Waals surface area contributed by atoms with Gasteiger partial charge in [-0.2, -0.15) is 0 Å². The molecule has 2 aliphatic rings. The molecule has 2 heterocycles. The average molecular weight is 427 g/mol. The van der Waals surface area contributed by atoms with E-state index in [4.69, 9.17) is 9.47 Å². The molecule has 2 aromatic carbocycles. The SMILES string of the molecule is COc1ccccc1N1CCN(C2CCOc3ccc(CO)cc32)CC1.Cl.Cl. The number of rotatable bonds is 4. The number of anilines is 1. The predicted molar refractivity (Wildman–Crippen MR) is 116 cm³/mol. The number of hydrogen-bond acceptors (Lipinski definition) is 5. The highest BCUT2D eigenvalue weighted by Crippen LogP contribution is 2.38. The van der Waals surface area contributed by atoms with Crippen LogP contribution in [-0.4, -0.2) is 49.9 Å². The van der Waals surface area contributed by atoms with Crippen molar-refractivity contribution in [1.29, 1.82) is 0 Å². The zero-order valence-electron chi connectivity index (χ0n) is 16.0. The third-order valence-corrected chi connectivity index (χ3v) is 5.45. The molecule has 0 saturated carbocycles. The molecule has 7 heteroatoms. The molecule has 2 aliphatic heterocycles.